The van der Waals surface area contributed by atoms with E-state index >= 15 is 0 Å². The molecule has 1 aromatic carbocycles. The van der Waals surface area contributed by atoms with E-state index in [1.54, 1.807) is 0 Å². The fourth-order valence-corrected chi connectivity index (χ4v) is 4.08. The summed E-state index contributed by atoms with van der Waals surface area (Å²) in [6.07, 6.45) is 2.90. The van der Waals surface area contributed by atoms with Gasteiger partial charge < -0.3 is 15.3 Å². The van der Waals surface area contributed by atoms with Crippen LogP contribution in [0.2, 0.25) is 0 Å². The third kappa shape index (κ3) is 2.14. The van der Waals surface area contributed by atoms with Gasteiger partial charge in [-0.25, -0.2) is 0 Å². The highest BCUT2D eigenvalue weighted by molar-refractivity contribution is 5.83. The summed E-state index contributed by atoms with van der Waals surface area (Å²) in [5.41, 5.74) is 4.67. The second-order valence-electron chi connectivity index (χ2n) is 7.68. The number of fused-ring (bicyclic) bond motifs is 2. The molecule has 0 aromatic heterocycles. The maximum atomic E-state index is 10.6. The molecule has 1 aromatic rings. The number of hydrogen-bond donors (Lipinski definition) is 3. The normalized spacial score (nSPS) is 23.5. The highest BCUT2D eigenvalue weighted by atomic mass is 16.3. The SMILES string of the molecule is CC(C)c1cc2c(c(O)c1O)C1=C(CC2)C(C)(C)CC[C@H]1O. The van der Waals surface area contributed by atoms with E-state index < -0.39 is 6.10 Å². The Hall–Kier alpha value is -1.48. The fourth-order valence-electron chi connectivity index (χ4n) is 4.08. The van der Waals surface area contributed by atoms with Crippen molar-refractivity contribution in [2.24, 2.45) is 5.41 Å². The van der Waals surface area contributed by atoms with Crippen molar-refractivity contribution in [1.29, 1.82) is 0 Å². The van der Waals surface area contributed by atoms with Crippen molar-refractivity contribution in [3.05, 3.63) is 28.3 Å². The van der Waals surface area contributed by atoms with Crippen molar-refractivity contribution in [2.75, 3.05) is 0 Å². The van der Waals surface area contributed by atoms with E-state index in [2.05, 4.69) is 13.8 Å². The monoisotopic (exact) mass is 302 g/mol. The fraction of sp³-hybridized carbons (Fsp3) is 0.579. The van der Waals surface area contributed by atoms with E-state index in [4.69, 9.17) is 0 Å². The predicted octanol–water partition coefficient (Wildman–Crippen LogP) is 4.10. The van der Waals surface area contributed by atoms with E-state index in [1.165, 1.54) is 5.57 Å². The van der Waals surface area contributed by atoms with Gasteiger partial charge in [-0.1, -0.05) is 39.3 Å². The zero-order valence-corrected chi connectivity index (χ0v) is 13.9. The lowest BCUT2D eigenvalue weighted by Crippen LogP contribution is -2.31. The smallest absolute Gasteiger partial charge is 0.165 e. The van der Waals surface area contributed by atoms with Crippen molar-refractivity contribution < 1.29 is 15.3 Å². The number of aromatic hydroxyl groups is 2. The van der Waals surface area contributed by atoms with Crippen LogP contribution in [0.15, 0.2) is 11.6 Å². The number of rotatable bonds is 1. The Kier molecular flexibility index (Phi) is 3.52. The topological polar surface area (TPSA) is 60.7 Å². The Balaban J connectivity index is 2.28. The number of aliphatic hydroxyl groups is 1. The zero-order chi connectivity index (χ0) is 16.2. The van der Waals surface area contributed by atoms with E-state index in [0.29, 0.717) is 12.0 Å². The number of aliphatic hydroxyl groups excluding tert-OH is 1. The molecule has 0 fully saturated rings. The van der Waals surface area contributed by atoms with Crippen molar-refractivity contribution in [3.63, 3.8) is 0 Å². The van der Waals surface area contributed by atoms with Crippen molar-refractivity contribution in [2.45, 2.75) is 65.4 Å². The van der Waals surface area contributed by atoms with Gasteiger partial charge in [-0.3, -0.25) is 0 Å². The van der Waals surface area contributed by atoms with Gasteiger partial charge in [-0.05, 0) is 48.2 Å². The minimum absolute atomic E-state index is 0.0296. The summed E-state index contributed by atoms with van der Waals surface area (Å²) >= 11 is 0. The molecule has 3 N–H and O–H groups in total. The van der Waals surface area contributed by atoms with Gasteiger partial charge in [0, 0.05) is 11.1 Å². The molecule has 0 aliphatic heterocycles. The van der Waals surface area contributed by atoms with Crippen molar-refractivity contribution in [3.8, 4) is 11.5 Å². The molecule has 0 unspecified atom stereocenters. The maximum absolute atomic E-state index is 10.6. The zero-order valence-electron chi connectivity index (χ0n) is 13.9. The van der Waals surface area contributed by atoms with Gasteiger partial charge in [-0.15, -0.1) is 0 Å². The highest BCUT2D eigenvalue weighted by Gasteiger charge is 2.39. The molecule has 3 heteroatoms. The first-order valence-electron chi connectivity index (χ1n) is 8.23. The van der Waals surface area contributed by atoms with Crippen LogP contribution in [0, 0.1) is 5.41 Å². The molecule has 0 radical (unpaired) electrons. The average molecular weight is 302 g/mol. The molecule has 2 aliphatic rings. The highest BCUT2D eigenvalue weighted by Crippen LogP contribution is 2.53. The van der Waals surface area contributed by atoms with Gasteiger partial charge in [0.1, 0.15) is 0 Å². The van der Waals surface area contributed by atoms with Gasteiger partial charge >= 0.3 is 0 Å². The second-order valence-corrected chi connectivity index (χ2v) is 7.68. The van der Waals surface area contributed by atoms with Crippen LogP contribution in [0.4, 0.5) is 0 Å². The van der Waals surface area contributed by atoms with Crippen molar-refractivity contribution >= 4 is 5.57 Å². The Morgan fingerprint density at radius 2 is 1.82 bits per heavy atom. The molecule has 2 aliphatic carbocycles. The quantitative estimate of drug-likeness (QED) is 0.684. The van der Waals surface area contributed by atoms with Gasteiger partial charge in [0.15, 0.2) is 11.5 Å². The molecule has 1 atom stereocenters. The summed E-state index contributed by atoms with van der Waals surface area (Å²) in [7, 11) is 0. The molecular formula is C19H26O3. The first kappa shape index (κ1) is 15.4. The van der Waals surface area contributed by atoms with Crippen molar-refractivity contribution in [1.82, 2.24) is 0 Å². The lowest BCUT2D eigenvalue weighted by atomic mass is 9.65. The van der Waals surface area contributed by atoms with Crippen LogP contribution in [0.5, 0.6) is 11.5 Å². The third-order valence-electron chi connectivity index (χ3n) is 5.44. The van der Waals surface area contributed by atoms with Gasteiger partial charge in [0.25, 0.3) is 0 Å². The van der Waals surface area contributed by atoms with Crippen LogP contribution in [-0.4, -0.2) is 21.4 Å². The molecule has 3 rings (SSSR count). The minimum Gasteiger partial charge on any atom is -0.504 e. The molecule has 0 saturated carbocycles. The number of benzene rings is 1. The molecule has 0 saturated heterocycles. The van der Waals surface area contributed by atoms with Crippen LogP contribution in [-0.2, 0) is 6.42 Å². The molecule has 22 heavy (non-hydrogen) atoms. The van der Waals surface area contributed by atoms with Crippen LogP contribution in [0.3, 0.4) is 0 Å². The second kappa shape index (κ2) is 5.02. The summed E-state index contributed by atoms with van der Waals surface area (Å²) < 4.78 is 0. The number of phenols is 2. The van der Waals surface area contributed by atoms with E-state index in [9.17, 15) is 15.3 Å². The molecule has 0 spiro atoms. The molecule has 120 valence electrons. The maximum Gasteiger partial charge on any atom is 0.165 e. The molecular weight excluding hydrogens is 276 g/mol. The largest absolute Gasteiger partial charge is 0.504 e. The number of hydrogen-bond acceptors (Lipinski definition) is 3. The molecule has 0 amide bonds. The summed E-state index contributed by atoms with van der Waals surface area (Å²) in [6.45, 7) is 8.43. The number of allylic oxidation sites excluding steroid dienone is 1. The summed E-state index contributed by atoms with van der Waals surface area (Å²) in [5.74, 6) is 0.0718. The van der Waals surface area contributed by atoms with Gasteiger partial charge in [0.05, 0.1) is 6.10 Å². The standard InChI is InChI=1S/C19H26O3/c1-10(2)12-9-11-5-6-13-16(15(11)18(22)17(12)21)14(20)7-8-19(13,3)4/h9-10,14,20-22H,5-8H2,1-4H3/t14-/m1/s1. The van der Waals surface area contributed by atoms with Gasteiger partial charge in [0.2, 0.25) is 0 Å². The van der Waals surface area contributed by atoms with Crippen LogP contribution < -0.4 is 0 Å². The molecule has 0 bridgehead atoms. The lowest BCUT2D eigenvalue weighted by molar-refractivity contribution is 0.181. The summed E-state index contributed by atoms with van der Waals surface area (Å²) in [6, 6.07) is 2.01. The Labute approximate surface area is 132 Å². The van der Waals surface area contributed by atoms with Crippen LogP contribution in [0.25, 0.3) is 5.57 Å². The minimum atomic E-state index is -0.544. The van der Waals surface area contributed by atoms with Crippen LogP contribution in [0.1, 0.15) is 69.6 Å². The van der Waals surface area contributed by atoms with Crippen LogP contribution >= 0.6 is 0 Å². The number of phenolic OH excluding ortho intramolecular Hbond substituents is 2. The Bertz CT molecular complexity index is 653. The Morgan fingerprint density at radius 1 is 1.14 bits per heavy atom. The summed E-state index contributed by atoms with van der Waals surface area (Å²) in [4.78, 5) is 0. The first-order chi connectivity index (χ1) is 10.2. The number of aryl methyl sites for hydroxylation is 1. The average Bonchev–Trinajstić information content (AvgIpc) is 2.45. The molecule has 0 heterocycles. The third-order valence-corrected chi connectivity index (χ3v) is 5.44. The summed E-state index contributed by atoms with van der Waals surface area (Å²) in [5, 5.41) is 31.5. The van der Waals surface area contributed by atoms with E-state index in [1.807, 2.05) is 19.9 Å². The van der Waals surface area contributed by atoms with E-state index in [0.717, 1.165) is 36.0 Å². The Morgan fingerprint density at radius 3 is 2.45 bits per heavy atom. The lowest BCUT2D eigenvalue weighted by Gasteiger charge is -2.41. The molecule has 3 nitrogen and oxygen atoms in total. The van der Waals surface area contributed by atoms with E-state index in [-0.39, 0.29) is 22.8 Å². The first-order valence-corrected chi connectivity index (χ1v) is 8.23. The predicted molar refractivity (Wildman–Crippen MR) is 88.1 cm³/mol. The van der Waals surface area contributed by atoms with Gasteiger partial charge in [-0.2, -0.15) is 0 Å².